The average molecular weight is 283 g/mol. The molecule has 0 radical (unpaired) electrons. The Morgan fingerprint density at radius 2 is 2.16 bits per heavy atom. The molecule has 2 aromatic heterocycles. The number of aryl methyl sites for hydroxylation is 2. The van der Waals surface area contributed by atoms with Crippen LogP contribution in [-0.2, 0) is 24.3 Å². The predicted octanol–water partition coefficient (Wildman–Crippen LogP) is 1.24. The van der Waals surface area contributed by atoms with Crippen molar-refractivity contribution in [2.75, 3.05) is 17.7 Å². The Bertz CT molecular complexity index is 615. The Balaban J connectivity index is 2.55. The van der Waals surface area contributed by atoms with Crippen molar-refractivity contribution in [1.29, 1.82) is 0 Å². The van der Waals surface area contributed by atoms with Gasteiger partial charge in [0.25, 0.3) is 0 Å². The van der Waals surface area contributed by atoms with Gasteiger partial charge in [0, 0.05) is 35.9 Å². The van der Waals surface area contributed by atoms with Crippen LogP contribution in [-0.4, -0.2) is 35.5 Å². The van der Waals surface area contributed by atoms with Gasteiger partial charge in [-0.2, -0.15) is 5.10 Å². The lowest BCUT2D eigenvalue weighted by Crippen LogP contribution is -2.16. The van der Waals surface area contributed by atoms with Crippen LogP contribution in [0.1, 0.15) is 32.0 Å². The molecule has 2 rings (SSSR count). The van der Waals surface area contributed by atoms with Crippen LogP contribution in [0.15, 0.2) is 0 Å². The Morgan fingerprint density at radius 1 is 1.47 bits per heavy atom. The van der Waals surface area contributed by atoms with Crippen LogP contribution in [0.5, 0.6) is 0 Å². The summed E-state index contributed by atoms with van der Waals surface area (Å²) in [5, 5.41) is 4.50. The first-order chi connectivity index (χ1) is 8.95. The van der Waals surface area contributed by atoms with Gasteiger partial charge in [0.2, 0.25) is 5.95 Å². The standard InChI is InChI=1S/C12H21N5OS/c1-5-6-9-10-11(16(3)15-9)17(12(13)14-10)8(2)7-19(4)18/h8H,5-7H2,1-4H3,(H2,13,14). The summed E-state index contributed by atoms with van der Waals surface area (Å²) in [6.07, 6.45) is 3.61. The van der Waals surface area contributed by atoms with Crippen molar-refractivity contribution in [3.8, 4) is 0 Å². The summed E-state index contributed by atoms with van der Waals surface area (Å²) in [5.41, 5.74) is 8.79. The smallest absolute Gasteiger partial charge is 0.202 e. The van der Waals surface area contributed by atoms with E-state index in [1.165, 1.54) is 0 Å². The Kier molecular flexibility index (Phi) is 3.93. The molecule has 0 aliphatic carbocycles. The molecule has 0 aliphatic heterocycles. The summed E-state index contributed by atoms with van der Waals surface area (Å²) in [6, 6.07) is 0.0423. The zero-order valence-electron chi connectivity index (χ0n) is 11.9. The minimum atomic E-state index is -0.869. The molecule has 7 heteroatoms. The molecule has 0 aliphatic rings. The fraction of sp³-hybridized carbons (Fsp3) is 0.667. The van der Waals surface area contributed by atoms with E-state index in [0.717, 1.165) is 29.7 Å². The van der Waals surface area contributed by atoms with Crippen LogP contribution < -0.4 is 5.73 Å². The molecule has 0 saturated heterocycles. The summed E-state index contributed by atoms with van der Waals surface area (Å²) >= 11 is 0. The van der Waals surface area contributed by atoms with Crippen molar-refractivity contribution in [3.63, 3.8) is 0 Å². The fourth-order valence-corrected chi connectivity index (χ4v) is 3.30. The maximum absolute atomic E-state index is 11.4. The number of aromatic nitrogens is 4. The molecule has 0 bridgehead atoms. The third-order valence-electron chi connectivity index (χ3n) is 3.17. The quantitative estimate of drug-likeness (QED) is 0.895. The fourth-order valence-electron chi connectivity index (χ4n) is 2.47. The second-order valence-electron chi connectivity index (χ2n) is 4.92. The van der Waals surface area contributed by atoms with Crippen molar-refractivity contribution in [2.24, 2.45) is 7.05 Å². The van der Waals surface area contributed by atoms with Crippen molar-refractivity contribution in [2.45, 2.75) is 32.7 Å². The van der Waals surface area contributed by atoms with Crippen LogP contribution >= 0.6 is 0 Å². The maximum atomic E-state index is 11.4. The van der Waals surface area contributed by atoms with Crippen molar-refractivity contribution >= 4 is 27.9 Å². The van der Waals surface area contributed by atoms with Gasteiger partial charge in [-0.25, -0.2) is 4.98 Å². The number of imidazole rings is 1. The van der Waals surface area contributed by atoms with Gasteiger partial charge >= 0.3 is 0 Å². The second kappa shape index (κ2) is 5.32. The lowest BCUT2D eigenvalue weighted by atomic mass is 10.2. The van der Waals surface area contributed by atoms with Crippen molar-refractivity contribution in [3.05, 3.63) is 5.69 Å². The maximum Gasteiger partial charge on any atom is 0.202 e. The summed E-state index contributed by atoms with van der Waals surface area (Å²) in [4.78, 5) is 4.44. The SMILES string of the molecule is CCCc1nn(C)c2c1nc(N)n2C(C)CS(C)=O. The molecule has 0 aromatic carbocycles. The summed E-state index contributed by atoms with van der Waals surface area (Å²) < 4.78 is 15.2. The summed E-state index contributed by atoms with van der Waals surface area (Å²) in [6.45, 7) is 4.12. The average Bonchev–Trinajstić information content (AvgIpc) is 2.77. The normalized spacial score (nSPS) is 14.9. The van der Waals surface area contributed by atoms with E-state index in [0.29, 0.717) is 11.7 Å². The van der Waals surface area contributed by atoms with E-state index in [-0.39, 0.29) is 6.04 Å². The summed E-state index contributed by atoms with van der Waals surface area (Å²) in [5.74, 6) is 1.03. The molecule has 0 spiro atoms. The molecule has 2 aromatic rings. The number of anilines is 1. The van der Waals surface area contributed by atoms with E-state index < -0.39 is 10.8 Å². The highest BCUT2D eigenvalue weighted by molar-refractivity contribution is 7.84. The predicted molar refractivity (Wildman–Crippen MR) is 78.6 cm³/mol. The molecule has 2 atom stereocenters. The van der Waals surface area contributed by atoms with Gasteiger partial charge < -0.3 is 5.73 Å². The molecule has 0 amide bonds. The van der Waals surface area contributed by atoms with Crippen LogP contribution in [0.4, 0.5) is 5.95 Å². The van der Waals surface area contributed by atoms with Crippen molar-refractivity contribution < 1.29 is 4.21 Å². The summed E-state index contributed by atoms with van der Waals surface area (Å²) in [7, 11) is 1.03. The Hall–Kier alpha value is -1.37. The highest BCUT2D eigenvalue weighted by Gasteiger charge is 2.21. The van der Waals surface area contributed by atoms with Crippen LogP contribution in [0.3, 0.4) is 0 Å². The monoisotopic (exact) mass is 283 g/mol. The highest BCUT2D eigenvalue weighted by atomic mass is 32.2. The van der Waals surface area contributed by atoms with Crippen LogP contribution in [0.25, 0.3) is 11.2 Å². The van der Waals surface area contributed by atoms with Gasteiger partial charge in [0.05, 0.1) is 5.69 Å². The van der Waals surface area contributed by atoms with Crippen molar-refractivity contribution in [1.82, 2.24) is 19.3 Å². The van der Waals surface area contributed by atoms with Gasteiger partial charge in [-0.15, -0.1) is 0 Å². The third kappa shape index (κ3) is 2.51. The number of nitrogen functional groups attached to an aromatic ring is 1. The van der Waals surface area contributed by atoms with Gasteiger partial charge in [0.15, 0.2) is 5.65 Å². The number of rotatable bonds is 5. The molecule has 106 valence electrons. The minimum Gasteiger partial charge on any atom is -0.369 e. The first kappa shape index (κ1) is 14.0. The molecular formula is C12H21N5OS. The largest absolute Gasteiger partial charge is 0.369 e. The first-order valence-corrected chi connectivity index (χ1v) is 8.17. The topological polar surface area (TPSA) is 78.7 Å². The number of fused-ring (bicyclic) bond motifs is 1. The molecule has 0 fully saturated rings. The molecule has 0 saturated carbocycles. The van der Waals surface area contributed by atoms with E-state index in [1.54, 1.807) is 6.26 Å². The van der Waals surface area contributed by atoms with E-state index in [2.05, 4.69) is 17.0 Å². The Labute approximate surface area is 115 Å². The Morgan fingerprint density at radius 3 is 2.74 bits per heavy atom. The van der Waals surface area contributed by atoms with Gasteiger partial charge in [0.1, 0.15) is 5.52 Å². The number of nitrogens with two attached hydrogens (primary N) is 1. The van der Waals surface area contributed by atoms with E-state index >= 15 is 0 Å². The minimum absolute atomic E-state index is 0.0423. The molecule has 2 unspecified atom stereocenters. The molecule has 6 nitrogen and oxygen atoms in total. The number of hydrogen-bond donors (Lipinski definition) is 1. The number of nitrogens with zero attached hydrogens (tertiary/aromatic N) is 4. The van der Waals surface area contributed by atoms with E-state index in [1.807, 2.05) is 23.2 Å². The second-order valence-corrected chi connectivity index (χ2v) is 6.40. The van der Waals surface area contributed by atoms with Crippen LogP contribution in [0, 0.1) is 0 Å². The lowest BCUT2D eigenvalue weighted by Gasteiger charge is -2.14. The lowest BCUT2D eigenvalue weighted by molar-refractivity contribution is 0.599. The molecule has 19 heavy (non-hydrogen) atoms. The van der Waals surface area contributed by atoms with Gasteiger partial charge in [-0.05, 0) is 13.3 Å². The first-order valence-electron chi connectivity index (χ1n) is 6.45. The highest BCUT2D eigenvalue weighted by Crippen LogP contribution is 2.25. The zero-order valence-corrected chi connectivity index (χ0v) is 12.7. The number of hydrogen-bond acceptors (Lipinski definition) is 4. The van der Waals surface area contributed by atoms with Gasteiger partial charge in [-0.3, -0.25) is 13.5 Å². The van der Waals surface area contributed by atoms with E-state index in [4.69, 9.17) is 5.73 Å². The molecular weight excluding hydrogens is 262 g/mol. The van der Waals surface area contributed by atoms with E-state index in [9.17, 15) is 4.21 Å². The van der Waals surface area contributed by atoms with Crippen LogP contribution in [0.2, 0.25) is 0 Å². The molecule has 2 heterocycles. The third-order valence-corrected chi connectivity index (χ3v) is 4.12. The zero-order chi connectivity index (χ0) is 14.2. The van der Waals surface area contributed by atoms with Gasteiger partial charge in [-0.1, -0.05) is 13.3 Å². The molecule has 2 N–H and O–H groups in total.